The second kappa shape index (κ2) is 10.9. The molecule has 0 heterocycles. The number of amides is 1. The number of ether oxygens (including phenoxy) is 3. The fraction of sp³-hybridized carbons (Fsp3) is 0.600. The van der Waals surface area contributed by atoms with Crippen molar-refractivity contribution in [1.29, 1.82) is 0 Å². The van der Waals surface area contributed by atoms with Gasteiger partial charge in [-0.1, -0.05) is 6.58 Å². The van der Waals surface area contributed by atoms with Crippen LogP contribution in [-0.4, -0.2) is 56.6 Å². The number of carboxylic acids is 1. The predicted octanol–water partition coefficient (Wildman–Crippen LogP) is -0.619. The average Bonchev–Trinajstić information content (AvgIpc) is 2.27. The van der Waals surface area contributed by atoms with E-state index in [1.54, 1.807) is 0 Å². The first-order valence-corrected chi connectivity index (χ1v) is 5.03. The van der Waals surface area contributed by atoms with Crippen LogP contribution in [0.3, 0.4) is 0 Å². The van der Waals surface area contributed by atoms with E-state index >= 15 is 0 Å². The molecule has 0 bridgehead atoms. The zero-order valence-electron chi connectivity index (χ0n) is 9.52. The molecule has 0 fully saturated rings. The van der Waals surface area contributed by atoms with Gasteiger partial charge >= 0.3 is 5.97 Å². The molecule has 2 N–H and O–H groups in total. The standard InChI is InChI=1S/C10H17NO6/c1-2-15-5-6-16-4-3-11-9(12)7-17-8-10(13)14/h2H,1,3-8H2,(H,11,12)(H,13,14). The molecule has 0 aromatic heterocycles. The van der Waals surface area contributed by atoms with Crippen LogP contribution in [0.25, 0.3) is 0 Å². The van der Waals surface area contributed by atoms with Crippen molar-refractivity contribution in [3.63, 3.8) is 0 Å². The Bertz CT molecular complexity index is 243. The van der Waals surface area contributed by atoms with Crippen LogP contribution < -0.4 is 5.32 Å². The summed E-state index contributed by atoms with van der Waals surface area (Å²) in [6, 6.07) is 0. The largest absolute Gasteiger partial charge is 0.499 e. The van der Waals surface area contributed by atoms with E-state index < -0.39 is 12.6 Å². The van der Waals surface area contributed by atoms with Gasteiger partial charge in [-0.2, -0.15) is 0 Å². The highest BCUT2D eigenvalue weighted by molar-refractivity contribution is 5.77. The maximum absolute atomic E-state index is 11.0. The summed E-state index contributed by atoms with van der Waals surface area (Å²) in [6.45, 7) is 4.13. The van der Waals surface area contributed by atoms with Crippen LogP contribution in [0.5, 0.6) is 0 Å². The van der Waals surface area contributed by atoms with Crippen molar-refractivity contribution < 1.29 is 28.9 Å². The molecule has 0 aliphatic rings. The Balaban J connectivity index is 3.21. The minimum Gasteiger partial charge on any atom is -0.499 e. The van der Waals surface area contributed by atoms with Crippen LogP contribution in [0.4, 0.5) is 0 Å². The van der Waals surface area contributed by atoms with Gasteiger partial charge in [-0.15, -0.1) is 0 Å². The number of carbonyl (C=O) groups excluding carboxylic acids is 1. The summed E-state index contributed by atoms with van der Waals surface area (Å²) in [7, 11) is 0. The molecule has 0 spiro atoms. The van der Waals surface area contributed by atoms with Crippen molar-refractivity contribution in [2.75, 3.05) is 39.6 Å². The molecule has 7 nitrogen and oxygen atoms in total. The van der Waals surface area contributed by atoms with Crippen molar-refractivity contribution in [2.24, 2.45) is 0 Å². The zero-order chi connectivity index (χ0) is 12.9. The maximum atomic E-state index is 11.0. The number of nitrogens with one attached hydrogen (secondary N) is 1. The summed E-state index contributed by atoms with van der Waals surface area (Å²) in [5, 5.41) is 10.8. The summed E-state index contributed by atoms with van der Waals surface area (Å²) < 4.78 is 14.5. The number of hydrogen-bond acceptors (Lipinski definition) is 5. The van der Waals surface area contributed by atoms with Gasteiger partial charge < -0.3 is 24.6 Å². The molecule has 0 radical (unpaired) electrons. The van der Waals surface area contributed by atoms with E-state index in [-0.39, 0.29) is 12.5 Å². The van der Waals surface area contributed by atoms with Crippen LogP contribution in [0.2, 0.25) is 0 Å². The lowest BCUT2D eigenvalue weighted by Crippen LogP contribution is -2.31. The van der Waals surface area contributed by atoms with E-state index in [9.17, 15) is 9.59 Å². The molecule has 0 unspecified atom stereocenters. The zero-order valence-corrected chi connectivity index (χ0v) is 9.52. The molecule has 0 aliphatic heterocycles. The minimum absolute atomic E-state index is 0.272. The molecule has 0 saturated carbocycles. The number of carboxylic acid groups (broad SMARTS) is 1. The first-order chi connectivity index (χ1) is 8.16. The van der Waals surface area contributed by atoms with Gasteiger partial charge in [0.25, 0.3) is 0 Å². The molecule has 0 atom stereocenters. The van der Waals surface area contributed by atoms with Crippen LogP contribution >= 0.6 is 0 Å². The van der Waals surface area contributed by atoms with Gasteiger partial charge in [0.1, 0.15) is 19.8 Å². The van der Waals surface area contributed by atoms with E-state index in [0.29, 0.717) is 26.4 Å². The Hall–Kier alpha value is -1.60. The summed E-state index contributed by atoms with van der Waals surface area (Å²) >= 11 is 0. The molecule has 0 aliphatic carbocycles. The third-order valence-corrected chi connectivity index (χ3v) is 1.49. The van der Waals surface area contributed by atoms with Gasteiger partial charge in [-0.05, 0) is 0 Å². The number of hydrogen-bond donors (Lipinski definition) is 2. The van der Waals surface area contributed by atoms with Gasteiger partial charge in [0.15, 0.2) is 0 Å². The Morgan fingerprint density at radius 1 is 1.18 bits per heavy atom. The van der Waals surface area contributed by atoms with Crippen LogP contribution in [0, 0.1) is 0 Å². The van der Waals surface area contributed by atoms with Crippen molar-refractivity contribution in [2.45, 2.75) is 0 Å². The topological polar surface area (TPSA) is 94.1 Å². The highest BCUT2D eigenvalue weighted by atomic mass is 16.5. The van der Waals surface area contributed by atoms with E-state index in [1.165, 1.54) is 6.26 Å². The van der Waals surface area contributed by atoms with Crippen LogP contribution in [0.1, 0.15) is 0 Å². The smallest absolute Gasteiger partial charge is 0.329 e. The van der Waals surface area contributed by atoms with Gasteiger partial charge in [0.05, 0.1) is 19.5 Å². The normalized spacial score (nSPS) is 9.65. The molecular formula is C10H17NO6. The van der Waals surface area contributed by atoms with E-state index in [4.69, 9.17) is 14.6 Å². The summed E-state index contributed by atoms with van der Waals surface area (Å²) in [5.74, 6) is -1.49. The van der Waals surface area contributed by atoms with E-state index in [1.807, 2.05) is 0 Å². The second-order valence-electron chi connectivity index (χ2n) is 2.89. The lowest BCUT2D eigenvalue weighted by Gasteiger charge is -2.06. The molecule has 7 heteroatoms. The fourth-order valence-corrected chi connectivity index (χ4v) is 0.837. The SMILES string of the molecule is C=COCCOCCNC(=O)COCC(=O)O. The minimum atomic E-state index is -1.11. The summed E-state index contributed by atoms with van der Waals surface area (Å²) in [6.07, 6.45) is 1.32. The number of rotatable bonds is 11. The molecular weight excluding hydrogens is 230 g/mol. The van der Waals surface area contributed by atoms with Crippen molar-refractivity contribution >= 4 is 11.9 Å². The first-order valence-electron chi connectivity index (χ1n) is 5.03. The third-order valence-electron chi connectivity index (χ3n) is 1.49. The van der Waals surface area contributed by atoms with Crippen molar-refractivity contribution in [3.8, 4) is 0 Å². The maximum Gasteiger partial charge on any atom is 0.329 e. The Morgan fingerprint density at radius 3 is 2.59 bits per heavy atom. The Kier molecular flexibility index (Phi) is 9.88. The third kappa shape index (κ3) is 12.3. The van der Waals surface area contributed by atoms with Gasteiger partial charge in [0, 0.05) is 6.54 Å². The highest BCUT2D eigenvalue weighted by Gasteiger charge is 2.02. The lowest BCUT2D eigenvalue weighted by molar-refractivity contribution is -0.143. The van der Waals surface area contributed by atoms with E-state index in [2.05, 4.69) is 16.6 Å². The molecule has 17 heavy (non-hydrogen) atoms. The second-order valence-corrected chi connectivity index (χ2v) is 2.89. The Morgan fingerprint density at radius 2 is 1.94 bits per heavy atom. The lowest BCUT2D eigenvalue weighted by atomic mass is 10.6. The van der Waals surface area contributed by atoms with Gasteiger partial charge in [-0.25, -0.2) is 4.79 Å². The molecule has 1 amide bonds. The molecule has 0 saturated heterocycles. The quantitative estimate of drug-likeness (QED) is 0.373. The van der Waals surface area contributed by atoms with Crippen molar-refractivity contribution in [1.82, 2.24) is 5.32 Å². The number of aliphatic carboxylic acids is 1. The van der Waals surface area contributed by atoms with Crippen molar-refractivity contribution in [3.05, 3.63) is 12.8 Å². The number of carbonyl (C=O) groups is 2. The van der Waals surface area contributed by atoms with Gasteiger partial charge in [0.2, 0.25) is 5.91 Å². The van der Waals surface area contributed by atoms with Crippen LogP contribution in [0.15, 0.2) is 12.8 Å². The predicted molar refractivity (Wildman–Crippen MR) is 58.4 cm³/mol. The molecule has 0 aromatic carbocycles. The summed E-state index contributed by atoms with van der Waals surface area (Å²) in [5.41, 5.74) is 0. The van der Waals surface area contributed by atoms with Gasteiger partial charge in [-0.3, -0.25) is 4.79 Å². The summed E-state index contributed by atoms with van der Waals surface area (Å²) in [4.78, 5) is 21.1. The average molecular weight is 247 g/mol. The first kappa shape index (κ1) is 15.4. The Labute approximate surface area is 99.3 Å². The van der Waals surface area contributed by atoms with Crippen LogP contribution in [-0.2, 0) is 23.8 Å². The van der Waals surface area contributed by atoms with E-state index in [0.717, 1.165) is 0 Å². The molecule has 0 aromatic rings. The molecule has 98 valence electrons. The fourth-order valence-electron chi connectivity index (χ4n) is 0.837. The molecule has 0 rings (SSSR count). The highest BCUT2D eigenvalue weighted by Crippen LogP contribution is 1.79. The monoisotopic (exact) mass is 247 g/mol.